The smallest absolute Gasteiger partial charge is 0.301 e. The predicted molar refractivity (Wildman–Crippen MR) is 86.5 cm³/mol. The number of para-hydroxylation sites is 1. The lowest BCUT2D eigenvalue weighted by Crippen LogP contribution is -2.29. The number of furan rings is 1. The highest BCUT2D eigenvalue weighted by Crippen LogP contribution is 2.36. The van der Waals surface area contributed by atoms with Gasteiger partial charge in [0.2, 0.25) is 0 Å². The van der Waals surface area contributed by atoms with Crippen molar-refractivity contribution < 1.29 is 17.6 Å². The van der Waals surface area contributed by atoms with Gasteiger partial charge in [-0.25, -0.2) is 0 Å². The van der Waals surface area contributed by atoms with Crippen molar-refractivity contribution in [2.24, 2.45) is 0 Å². The first-order valence-electron chi connectivity index (χ1n) is 6.62. The topological polar surface area (TPSA) is 71.8 Å². The number of fused-ring (bicyclic) bond motifs is 3. The second kappa shape index (κ2) is 5.19. The zero-order chi connectivity index (χ0) is 15.9. The molecule has 3 aromatic rings. The van der Waals surface area contributed by atoms with Gasteiger partial charge in [0.1, 0.15) is 16.9 Å². The van der Waals surface area contributed by atoms with Crippen molar-refractivity contribution >= 4 is 37.8 Å². The molecule has 0 fully saturated rings. The number of hydrogen-bond acceptors (Lipinski definition) is 4. The van der Waals surface area contributed by atoms with Gasteiger partial charge in [0.15, 0.2) is 0 Å². The average molecular weight is 320 g/mol. The van der Waals surface area contributed by atoms with Crippen molar-refractivity contribution in [1.29, 1.82) is 0 Å². The maximum atomic E-state index is 12.0. The van der Waals surface area contributed by atoms with E-state index < -0.39 is 10.2 Å². The first kappa shape index (κ1) is 14.7. The van der Waals surface area contributed by atoms with Crippen LogP contribution in [0.15, 0.2) is 40.8 Å². The van der Waals surface area contributed by atoms with Gasteiger partial charge in [-0.1, -0.05) is 18.2 Å². The number of rotatable bonds is 4. The van der Waals surface area contributed by atoms with Crippen LogP contribution in [0.1, 0.15) is 0 Å². The van der Waals surface area contributed by atoms with Gasteiger partial charge >= 0.3 is 10.2 Å². The van der Waals surface area contributed by atoms with Gasteiger partial charge in [-0.05, 0) is 12.1 Å². The third kappa shape index (κ3) is 2.38. The van der Waals surface area contributed by atoms with E-state index in [1.165, 1.54) is 21.2 Å². The second-order valence-corrected chi connectivity index (χ2v) is 6.92. The fourth-order valence-electron chi connectivity index (χ4n) is 2.23. The summed E-state index contributed by atoms with van der Waals surface area (Å²) in [4.78, 5) is 0. The quantitative estimate of drug-likeness (QED) is 0.802. The fourth-order valence-corrected chi connectivity index (χ4v) is 2.85. The minimum Gasteiger partial charge on any atom is -0.495 e. The molecule has 7 heteroatoms. The van der Waals surface area contributed by atoms with Gasteiger partial charge in [0.25, 0.3) is 0 Å². The zero-order valence-corrected chi connectivity index (χ0v) is 13.3. The Balaban J connectivity index is 2.21. The van der Waals surface area contributed by atoms with Gasteiger partial charge in [-0.3, -0.25) is 4.72 Å². The Morgan fingerprint density at radius 2 is 1.82 bits per heavy atom. The van der Waals surface area contributed by atoms with E-state index in [-0.39, 0.29) is 0 Å². The van der Waals surface area contributed by atoms with E-state index in [1.54, 1.807) is 12.1 Å². The first-order valence-corrected chi connectivity index (χ1v) is 8.06. The van der Waals surface area contributed by atoms with Crippen LogP contribution in [0.4, 0.5) is 5.69 Å². The molecule has 1 N–H and O–H groups in total. The van der Waals surface area contributed by atoms with Gasteiger partial charge < -0.3 is 9.15 Å². The molecule has 0 unspecified atom stereocenters. The summed E-state index contributed by atoms with van der Waals surface area (Å²) in [6, 6.07) is 11.0. The lowest BCUT2D eigenvalue weighted by Gasteiger charge is -2.15. The Labute approximate surface area is 128 Å². The molecule has 1 heterocycles. The van der Waals surface area contributed by atoms with Crippen molar-refractivity contribution in [2.75, 3.05) is 25.9 Å². The number of anilines is 1. The molecule has 22 heavy (non-hydrogen) atoms. The molecule has 0 saturated carbocycles. The van der Waals surface area contributed by atoms with E-state index in [2.05, 4.69) is 4.72 Å². The highest BCUT2D eigenvalue weighted by molar-refractivity contribution is 7.90. The van der Waals surface area contributed by atoms with Crippen molar-refractivity contribution in [3.63, 3.8) is 0 Å². The summed E-state index contributed by atoms with van der Waals surface area (Å²) in [5.41, 5.74) is 1.67. The summed E-state index contributed by atoms with van der Waals surface area (Å²) < 4.78 is 38.7. The average Bonchev–Trinajstić information content (AvgIpc) is 2.83. The molecular weight excluding hydrogens is 304 g/mol. The van der Waals surface area contributed by atoms with Crippen LogP contribution < -0.4 is 9.46 Å². The third-order valence-corrected chi connectivity index (χ3v) is 4.86. The van der Waals surface area contributed by atoms with Crippen LogP contribution in [-0.2, 0) is 10.2 Å². The summed E-state index contributed by atoms with van der Waals surface area (Å²) in [5, 5.41) is 1.83. The molecule has 0 aliphatic carbocycles. The molecule has 0 aliphatic heterocycles. The van der Waals surface area contributed by atoms with Crippen LogP contribution in [0.2, 0.25) is 0 Å². The Morgan fingerprint density at radius 1 is 1.09 bits per heavy atom. The van der Waals surface area contributed by atoms with E-state index in [0.717, 1.165) is 20.7 Å². The molecule has 3 rings (SSSR count). The molecule has 0 radical (unpaired) electrons. The van der Waals surface area contributed by atoms with Crippen molar-refractivity contribution in [1.82, 2.24) is 4.31 Å². The molecule has 1 aromatic heterocycles. The van der Waals surface area contributed by atoms with Gasteiger partial charge in [-0.2, -0.15) is 12.7 Å². The lowest BCUT2D eigenvalue weighted by atomic mass is 10.1. The molecule has 0 saturated heterocycles. The third-order valence-electron chi connectivity index (χ3n) is 3.42. The number of nitrogens with zero attached hydrogens (tertiary/aromatic N) is 1. The fraction of sp³-hybridized carbons (Fsp3) is 0.200. The molecule has 6 nitrogen and oxygen atoms in total. The Bertz CT molecular complexity index is 945. The highest BCUT2D eigenvalue weighted by atomic mass is 32.2. The van der Waals surface area contributed by atoms with Crippen LogP contribution in [-0.4, -0.2) is 33.9 Å². The van der Waals surface area contributed by atoms with Crippen LogP contribution in [0, 0.1) is 0 Å². The van der Waals surface area contributed by atoms with Crippen molar-refractivity contribution in [2.45, 2.75) is 0 Å². The van der Waals surface area contributed by atoms with E-state index in [0.29, 0.717) is 17.0 Å². The number of ether oxygens (including phenoxy) is 1. The Morgan fingerprint density at radius 3 is 2.50 bits per heavy atom. The maximum Gasteiger partial charge on any atom is 0.301 e. The van der Waals surface area contributed by atoms with Crippen LogP contribution >= 0.6 is 0 Å². The summed E-state index contributed by atoms with van der Waals surface area (Å²) in [6.07, 6.45) is 0. The number of benzene rings is 2. The monoisotopic (exact) mass is 320 g/mol. The van der Waals surface area contributed by atoms with Crippen LogP contribution in [0.3, 0.4) is 0 Å². The van der Waals surface area contributed by atoms with E-state index >= 15 is 0 Å². The van der Waals surface area contributed by atoms with Crippen LogP contribution in [0.5, 0.6) is 5.75 Å². The highest BCUT2D eigenvalue weighted by Gasteiger charge is 2.18. The Kier molecular flexibility index (Phi) is 3.46. The number of nitrogens with one attached hydrogen (secondary N) is 1. The predicted octanol–water partition coefficient (Wildman–Crippen LogP) is 2.81. The SMILES string of the molecule is COc1cc2c(cc1NS(=O)(=O)N(C)C)oc1ccccc12. The second-order valence-electron chi connectivity index (χ2n) is 5.04. The molecule has 0 amide bonds. The molecular formula is C15H16N2O4S. The molecule has 0 bridgehead atoms. The van der Waals surface area contributed by atoms with E-state index in [9.17, 15) is 8.42 Å². The standard InChI is InChI=1S/C15H16N2O4S/c1-17(2)22(18,19)16-12-9-14-11(8-15(12)20-3)10-6-4-5-7-13(10)21-14/h4-9,16H,1-3H3. The minimum atomic E-state index is -3.62. The van der Waals surface area contributed by atoms with E-state index in [1.807, 2.05) is 24.3 Å². The Hall–Kier alpha value is -2.25. The molecule has 0 atom stereocenters. The largest absolute Gasteiger partial charge is 0.495 e. The van der Waals surface area contributed by atoms with Crippen LogP contribution in [0.25, 0.3) is 21.9 Å². The van der Waals surface area contributed by atoms with Gasteiger partial charge in [0, 0.05) is 30.9 Å². The summed E-state index contributed by atoms with van der Waals surface area (Å²) >= 11 is 0. The maximum absolute atomic E-state index is 12.0. The number of hydrogen-bond donors (Lipinski definition) is 1. The van der Waals surface area contributed by atoms with Crippen molar-refractivity contribution in [3.05, 3.63) is 36.4 Å². The normalized spacial score (nSPS) is 12.2. The minimum absolute atomic E-state index is 0.336. The molecule has 2 aromatic carbocycles. The number of methoxy groups -OCH3 is 1. The molecule has 0 aliphatic rings. The van der Waals surface area contributed by atoms with E-state index in [4.69, 9.17) is 9.15 Å². The van der Waals surface area contributed by atoms with Crippen molar-refractivity contribution in [3.8, 4) is 5.75 Å². The summed E-state index contributed by atoms with van der Waals surface area (Å²) in [7, 11) is 0.782. The first-order chi connectivity index (χ1) is 10.4. The molecule has 116 valence electrons. The zero-order valence-electron chi connectivity index (χ0n) is 12.5. The van der Waals surface area contributed by atoms with Gasteiger partial charge in [-0.15, -0.1) is 0 Å². The summed E-state index contributed by atoms with van der Waals surface area (Å²) in [5.74, 6) is 0.435. The van der Waals surface area contributed by atoms with Gasteiger partial charge in [0.05, 0.1) is 12.8 Å². The lowest BCUT2D eigenvalue weighted by molar-refractivity contribution is 0.417. The summed E-state index contributed by atoms with van der Waals surface area (Å²) in [6.45, 7) is 0. The molecule has 0 spiro atoms.